The van der Waals surface area contributed by atoms with E-state index in [1.165, 1.54) is 30.3 Å². The summed E-state index contributed by atoms with van der Waals surface area (Å²) in [5.41, 5.74) is 0.969. The van der Waals surface area contributed by atoms with E-state index in [0.29, 0.717) is 23.8 Å². The number of hydrogen-bond acceptors (Lipinski definition) is 2. The molecule has 0 fully saturated rings. The van der Waals surface area contributed by atoms with Crippen LogP contribution < -0.4 is 16.0 Å². The molecule has 0 aliphatic rings. The Labute approximate surface area is 145 Å². The molecule has 1 amide bonds. The van der Waals surface area contributed by atoms with Crippen LogP contribution in [0.15, 0.2) is 53.5 Å². The van der Waals surface area contributed by atoms with Crippen molar-refractivity contribution in [2.75, 3.05) is 18.4 Å². The Balaban J connectivity index is 1.89. The van der Waals surface area contributed by atoms with E-state index in [2.05, 4.69) is 20.9 Å². The highest BCUT2D eigenvalue weighted by molar-refractivity contribution is 5.94. The number of benzene rings is 2. The normalized spacial score (nSPS) is 11.1. The third-order valence-electron chi connectivity index (χ3n) is 3.25. The van der Waals surface area contributed by atoms with Gasteiger partial charge in [0.1, 0.15) is 11.6 Å². The second kappa shape index (κ2) is 9.36. The van der Waals surface area contributed by atoms with E-state index in [1.54, 1.807) is 18.2 Å². The van der Waals surface area contributed by atoms with E-state index in [0.717, 1.165) is 0 Å². The molecule has 0 aromatic heterocycles. The summed E-state index contributed by atoms with van der Waals surface area (Å²) in [5.74, 6) is -0.593. The van der Waals surface area contributed by atoms with Gasteiger partial charge in [0.25, 0.3) is 0 Å². The van der Waals surface area contributed by atoms with Gasteiger partial charge >= 0.3 is 0 Å². The molecule has 0 aliphatic carbocycles. The highest BCUT2D eigenvalue weighted by Gasteiger charge is 2.05. The second-order valence-corrected chi connectivity index (χ2v) is 5.20. The molecule has 0 aliphatic heterocycles. The quantitative estimate of drug-likeness (QED) is 0.557. The van der Waals surface area contributed by atoms with Gasteiger partial charge in [0.2, 0.25) is 5.91 Å². The first-order chi connectivity index (χ1) is 12.1. The molecule has 0 radical (unpaired) electrons. The Morgan fingerprint density at radius 1 is 1.04 bits per heavy atom. The number of halogens is 2. The Hall–Kier alpha value is -2.96. The Morgan fingerprint density at radius 2 is 1.76 bits per heavy atom. The highest BCUT2D eigenvalue weighted by Crippen LogP contribution is 2.08. The molecule has 0 saturated carbocycles. The van der Waals surface area contributed by atoms with Gasteiger partial charge in [-0.2, -0.15) is 0 Å². The first-order valence-electron chi connectivity index (χ1n) is 7.89. The van der Waals surface area contributed by atoms with Gasteiger partial charge in [0.05, 0.1) is 13.1 Å². The molecule has 0 saturated heterocycles. The summed E-state index contributed by atoms with van der Waals surface area (Å²) in [6.07, 6.45) is 0. The van der Waals surface area contributed by atoms with Crippen LogP contribution in [0.5, 0.6) is 0 Å². The van der Waals surface area contributed by atoms with Crippen molar-refractivity contribution >= 4 is 17.6 Å². The first kappa shape index (κ1) is 18.4. The number of anilines is 1. The van der Waals surface area contributed by atoms with Crippen LogP contribution in [-0.2, 0) is 11.3 Å². The SMILES string of the molecule is CCNC(=NCc1ccccc1F)NCC(=O)Nc1ccc(F)cc1. The number of nitrogens with one attached hydrogen (secondary N) is 3. The van der Waals surface area contributed by atoms with Crippen molar-refractivity contribution in [3.8, 4) is 0 Å². The minimum Gasteiger partial charge on any atom is -0.357 e. The molecule has 5 nitrogen and oxygen atoms in total. The molecule has 3 N–H and O–H groups in total. The number of amides is 1. The minimum atomic E-state index is -0.370. The van der Waals surface area contributed by atoms with Crippen molar-refractivity contribution in [1.29, 1.82) is 0 Å². The van der Waals surface area contributed by atoms with Crippen molar-refractivity contribution in [1.82, 2.24) is 10.6 Å². The van der Waals surface area contributed by atoms with Gasteiger partial charge in [-0.3, -0.25) is 4.79 Å². The van der Waals surface area contributed by atoms with Crippen LogP contribution in [0.2, 0.25) is 0 Å². The fraction of sp³-hybridized carbons (Fsp3) is 0.222. The third-order valence-corrected chi connectivity index (χ3v) is 3.25. The third kappa shape index (κ3) is 6.21. The van der Waals surface area contributed by atoms with Gasteiger partial charge in [0, 0.05) is 17.8 Å². The van der Waals surface area contributed by atoms with Crippen molar-refractivity contribution in [3.05, 3.63) is 65.7 Å². The maximum absolute atomic E-state index is 13.6. The van der Waals surface area contributed by atoms with Crippen LogP contribution in [0.3, 0.4) is 0 Å². The molecular formula is C18H20F2N4O. The summed E-state index contributed by atoms with van der Waals surface area (Å²) in [5, 5.41) is 8.50. The standard InChI is InChI=1S/C18H20F2N4O/c1-2-21-18(22-11-13-5-3-4-6-16(13)20)23-12-17(25)24-15-9-7-14(19)8-10-15/h3-10H,2,11-12H2,1H3,(H,24,25)(H2,21,22,23). The van der Waals surface area contributed by atoms with Crippen molar-refractivity contribution in [3.63, 3.8) is 0 Å². The number of carbonyl (C=O) groups is 1. The highest BCUT2D eigenvalue weighted by atomic mass is 19.1. The number of rotatable bonds is 6. The largest absolute Gasteiger partial charge is 0.357 e. The summed E-state index contributed by atoms with van der Waals surface area (Å²) < 4.78 is 26.4. The molecule has 0 unspecified atom stereocenters. The Bertz CT molecular complexity index is 732. The number of aliphatic imine (C=N–C) groups is 1. The zero-order chi connectivity index (χ0) is 18.1. The average Bonchev–Trinajstić information content (AvgIpc) is 2.60. The molecule has 2 aromatic carbocycles. The van der Waals surface area contributed by atoms with E-state index in [-0.39, 0.29) is 30.6 Å². The maximum Gasteiger partial charge on any atom is 0.243 e. The van der Waals surface area contributed by atoms with Crippen LogP contribution in [0.1, 0.15) is 12.5 Å². The van der Waals surface area contributed by atoms with Crippen LogP contribution in [0.4, 0.5) is 14.5 Å². The average molecular weight is 346 g/mol. The summed E-state index contributed by atoms with van der Waals surface area (Å²) >= 11 is 0. The molecule has 25 heavy (non-hydrogen) atoms. The fourth-order valence-electron chi connectivity index (χ4n) is 2.04. The summed E-state index contributed by atoms with van der Waals surface area (Å²) in [6, 6.07) is 11.9. The van der Waals surface area contributed by atoms with E-state index in [1.807, 2.05) is 6.92 Å². The molecule has 7 heteroatoms. The van der Waals surface area contributed by atoms with Gasteiger partial charge in [0.15, 0.2) is 5.96 Å². The smallest absolute Gasteiger partial charge is 0.243 e. The fourth-order valence-corrected chi connectivity index (χ4v) is 2.04. The van der Waals surface area contributed by atoms with Crippen LogP contribution in [0.25, 0.3) is 0 Å². The Morgan fingerprint density at radius 3 is 2.44 bits per heavy atom. The lowest BCUT2D eigenvalue weighted by Crippen LogP contribution is -2.41. The Kier molecular flexibility index (Phi) is 6.88. The van der Waals surface area contributed by atoms with E-state index < -0.39 is 0 Å². The number of nitrogens with zero attached hydrogens (tertiary/aromatic N) is 1. The van der Waals surface area contributed by atoms with E-state index in [9.17, 15) is 13.6 Å². The van der Waals surface area contributed by atoms with E-state index in [4.69, 9.17) is 0 Å². The van der Waals surface area contributed by atoms with Gasteiger partial charge in [-0.05, 0) is 37.3 Å². The summed E-state index contributed by atoms with van der Waals surface area (Å²) in [4.78, 5) is 16.2. The van der Waals surface area contributed by atoms with Gasteiger partial charge in [-0.25, -0.2) is 13.8 Å². The van der Waals surface area contributed by atoms with Gasteiger partial charge < -0.3 is 16.0 Å². The zero-order valence-electron chi connectivity index (χ0n) is 13.9. The lowest BCUT2D eigenvalue weighted by Gasteiger charge is -2.11. The zero-order valence-corrected chi connectivity index (χ0v) is 13.9. The second-order valence-electron chi connectivity index (χ2n) is 5.20. The number of carbonyl (C=O) groups excluding carboxylic acids is 1. The maximum atomic E-state index is 13.6. The predicted molar refractivity (Wildman–Crippen MR) is 94.2 cm³/mol. The summed E-state index contributed by atoms with van der Waals surface area (Å²) in [6.45, 7) is 2.61. The lowest BCUT2D eigenvalue weighted by atomic mass is 10.2. The van der Waals surface area contributed by atoms with Gasteiger partial charge in [-0.15, -0.1) is 0 Å². The molecule has 0 bridgehead atoms. The lowest BCUT2D eigenvalue weighted by molar-refractivity contribution is -0.115. The first-order valence-corrected chi connectivity index (χ1v) is 7.89. The molecule has 0 heterocycles. The van der Waals surface area contributed by atoms with Crippen molar-refractivity contribution in [2.24, 2.45) is 4.99 Å². The van der Waals surface area contributed by atoms with E-state index >= 15 is 0 Å². The van der Waals surface area contributed by atoms with Gasteiger partial charge in [-0.1, -0.05) is 18.2 Å². The molecule has 0 spiro atoms. The van der Waals surface area contributed by atoms with Crippen LogP contribution >= 0.6 is 0 Å². The van der Waals surface area contributed by atoms with Crippen LogP contribution in [0, 0.1) is 11.6 Å². The monoisotopic (exact) mass is 346 g/mol. The molecule has 2 aromatic rings. The molecule has 0 atom stereocenters. The van der Waals surface area contributed by atoms with Crippen molar-refractivity contribution < 1.29 is 13.6 Å². The molecular weight excluding hydrogens is 326 g/mol. The van der Waals surface area contributed by atoms with Crippen molar-refractivity contribution in [2.45, 2.75) is 13.5 Å². The molecule has 2 rings (SSSR count). The minimum absolute atomic E-state index is 0.0273. The number of hydrogen-bond donors (Lipinski definition) is 3. The predicted octanol–water partition coefficient (Wildman–Crippen LogP) is 2.66. The topological polar surface area (TPSA) is 65.5 Å². The number of guanidine groups is 1. The molecule has 132 valence electrons. The summed E-state index contributed by atoms with van der Waals surface area (Å²) in [7, 11) is 0. The van der Waals surface area contributed by atoms with Crippen LogP contribution in [-0.4, -0.2) is 25.0 Å².